The second-order valence-electron chi connectivity index (χ2n) is 1.36. The molecule has 0 saturated carbocycles. The Hall–Kier alpha value is -0.150. The summed E-state index contributed by atoms with van der Waals surface area (Å²) in [6, 6.07) is 0. The van der Waals surface area contributed by atoms with Crippen molar-refractivity contribution < 1.29 is 9.13 Å². The predicted octanol–water partition coefficient (Wildman–Crippen LogP) is 0.0636. The Balaban J connectivity index is 2.12. The van der Waals surface area contributed by atoms with E-state index in [4.69, 9.17) is 0 Å². The van der Waals surface area contributed by atoms with Gasteiger partial charge in [-0.1, -0.05) is 0 Å². The Kier molecular flexibility index (Phi) is 1.59. The molecule has 1 aliphatic heterocycles. The molecule has 0 aromatic carbocycles. The monoisotopic (exact) mass is 104 g/mol. The quantitative estimate of drug-likeness (QED) is 0.439. The van der Waals surface area contributed by atoms with Crippen LogP contribution in [0.4, 0.5) is 4.39 Å². The number of morpholine rings is 1. The van der Waals surface area contributed by atoms with Gasteiger partial charge in [-0.15, -0.1) is 0 Å². The summed E-state index contributed by atoms with van der Waals surface area (Å²) in [5.74, 6) is 0. The van der Waals surface area contributed by atoms with Crippen LogP contribution in [0.2, 0.25) is 0 Å². The van der Waals surface area contributed by atoms with Crippen LogP contribution >= 0.6 is 0 Å². The molecule has 1 radical (unpaired) electrons. The zero-order chi connectivity index (χ0) is 5.11. The first-order valence-corrected chi connectivity index (χ1v) is 2.22. The number of hydrogen-bond acceptors (Lipinski definition) is 2. The standard InChI is InChI=1S/C4H7FNO/c5-4-3-7-2-1-6-4/h3-4,6H,1-2H2. The van der Waals surface area contributed by atoms with E-state index in [9.17, 15) is 4.39 Å². The lowest BCUT2D eigenvalue weighted by Crippen LogP contribution is -2.34. The molecule has 1 heterocycles. The minimum Gasteiger partial charge on any atom is -0.370 e. The second-order valence-corrected chi connectivity index (χ2v) is 1.36. The molecular formula is C4H7FNO. The molecule has 0 aliphatic carbocycles. The molecule has 0 spiro atoms. The normalized spacial score (nSPS) is 33.0. The summed E-state index contributed by atoms with van der Waals surface area (Å²) in [5.41, 5.74) is 0. The van der Waals surface area contributed by atoms with Crippen LogP contribution in [0.15, 0.2) is 0 Å². The SMILES string of the molecule is FC1[CH]OCCN1. The molecule has 1 aliphatic rings. The fourth-order valence-corrected chi connectivity index (χ4v) is 0.456. The number of halogens is 1. The van der Waals surface area contributed by atoms with Gasteiger partial charge in [-0.25, -0.2) is 4.39 Å². The molecule has 0 amide bonds. The van der Waals surface area contributed by atoms with Gasteiger partial charge in [0.15, 0.2) is 6.30 Å². The molecule has 1 saturated heterocycles. The highest BCUT2D eigenvalue weighted by molar-refractivity contribution is 4.67. The number of ether oxygens (including phenoxy) is 1. The molecule has 2 nitrogen and oxygen atoms in total. The maximum Gasteiger partial charge on any atom is 0.180 e. The van der Waals surface area contributed by atoms with E-state index in [1.54, 1.807) is 0 Å². The Labute approximate surface area is 41.7 Å². The Morgan fingerprint density at radius 3 is 3.00 bits per heavy atom. The topological polar surface area (TPSA) is 21.3 Å². The molecular weight excluding hydrogens is 97.0 g/mol. The zero-order valence-corrected chi connectivity index (χ0v) is 3.86. The number of hydrogen-bond donors (Lipinski definition) is 1. The van der Waals surface area contributed by atoms with Crippen LogP contribution in [0.3, 0.4) is 0 Å². The fourth-order valence-electron chi connectivity index (χ4n) is 0.456. The van der Waals surface area contributed by atoms with E-state index in [1.807, 2.05) is 0 Å². The van der Waals surface area contributed by atoms with Crippen LogP contribution < -0.4 is 5.32 Å². The van der Waals surface area contributed by atoms with Crippen molar-refractivity contribution in [3.63, 3.8) is 0 Å². The van der Waals surface area contributed by atoms with Crippen LogP contribution in [-0.2, 0) is 4.74 Å². The third-order valence-electron chi connectivity index (χ3n) is 0.775. The van der Waals surface area contributed by atoms with Gasteiger partial charge in [0, 0.05) is 6.54 Å². The summed E-state index contributed by atoms with van der Waals surface area (Å²) in [6.07, 6.45) is -1.06. The minimum absolute atomic E-state index is 0.584. The summed E-state index contributed by atoms with van der Waals surface area (Å²) in [5, 5.41) is 2.53. The first kappa shape index (κ1) is 5.00. The molecule has 3 heteroatoms. The molecule has 0 aromatic rings. The van der Waals surface area contributed by atoms with Crippen molar-refractivity contribution in [1.82, 2.24) is 5.32 Å². The molecule has 1 atom stereocenters. The molecule has 1 N–H and O–H groups in total. The average Bonchev–Trinajstić information content (AvgIpc) is 1.69. The number of alkyl halides is 1. The molecule has 41 valence electrons. The van der Waals surface area contributed by atoms with Gasteiger partial charge >= 0.3 is 0 Å². The highest BCUT2D eigenvalue weighted by Crippen LogP contribution is 1.96. The van der Waals surface area contributed by atoms with Gasteiger partial charge in [0.25, 0.3) is 0 Å². The summed E-state index contributed by atoms with van der Waals surface area (Å²) >= 11 is 0. The van der Waals surface area contributed by atoms with E-state index >= 15 is 0 Å². The summed E-state index contributed by atoms with van der Waals surface area (Å²) < 4.78 is 16.5. The molecule has 0 bridgehead atoms. The van der Waals surface area contributed by atoms with Crippen molar-refractivity contribution in [2.24, 2.45) is 0 Å². The summed E-state index contributed by atoms with van der Waals surface area (Å²) in [7, 11) is 0. The Morgan fingerprint density at radius 1 is 1.86 bits per heavy atom. The van der Waals surface area contributed by atoms with E-state index < -0.39 is 6.30 Å². The largest absolute Gasteiger partial charge is 0.370 e. The van der Waals surface area contributed by atoms with Gasteiger partial charge in [-0.05, 0) is 0 Å². The Bertz CT molecular complexity index is 53.7. The number of rotatable bonds is 0. The van der Waals surface area contributed by atoms with Crippen molar-refractivity contribution in [1.29, 1.82) is 0 Å². The highest BCUT2D eigenvalue weighted by atomic mass is 19.1. The smallest absolute Gasteiger partial charge is 0.180 e. The first-order chi connectivity index (χ1) is 3.39. The molecule has 7 heavy (non-hydrogen) atoms. The van der Waals surface area contributed by atoms with Gasteiger partial charge in [-0.3, -0.25) is 5.32 Å². The van der Waals surface area contributed by atoms with Gasteiger partial charge in [0.1, 0.15) is 6.61 Å². The third-order valence-corrected chi connectivity index (χ3v) is 0.775. The average molecular weight is 104 g/mol. The van der Waals surface area contributed by atoms with Crippen molar-refractivity contribution in [2.75, 3.05) is 13.2 Å². The highest BCUT2D eigenvalue weighted by Gasteiger charge is 2.09. The molecule has 1 fully saturated rings. The second kappa shape index (κ2) is 2.23. The van der Waals surface area contributed by atoms with Gasteiger partial charge < -0.3 is 4.74 Å². The summed E-state index contributed by atoms with van der Waals surface area (Å²) in [4.78, 5) is 0. The van der Waals surface area contributed by atoms with E-state index in [0.29, 0.717) is 13.2 Å². The maximum atomic E-state index is 11.9. The van der Waals surface area contributed by atoms with E-state index in [2.05, 4.69) is 10.1 Å². The molecule has 1 rings (SSSR count). The lowest BCUT2D eigenvalue weighted by Gasteiger charge is -2.15. The Morgan fingerprint density at radius 2 is 2.71 bits per heavy atom. The van der Waals surface area contributed by atoms with Gasteiger partial charge in [-0.2, -0.15) is 0 Å². The predicted molar refractivity (Wildman–Crippen MR) is 23.2 cm³/mol. The van der Waals surface area contributed by atoms with Crippen molar-refractivity contribution in [3.05, 3.63) is 6.61 Å². The maximum absolute atomic E-state index is 11.9. The minimum atomic E-state index is -1.06. The van der Waals surface area contributed by atoms with Crippen LogP contribution in [0, 0.1) is 6.61 Å². The summed E-state index contributed by atoms with van der Waals surface area (Å²) in [6.45, 7) is 2.35. The molecule has 0 aromatic heterocycles. The van der Waals surface area contributed by atoms with Crippen molar-refractivity contribution in [2.45, 2.75) is 6.30 Å². The van der Waals surface area contributed by atoms with E-state index in [1.165, 1.54) is 0 Å². The van der Waals surface area contributed by atoms with Crippen molar-refractivity contribution >= 4 is 0 Å². The molecule has 1 unspecified atom stereocenters. The van der Waals surface area contributed by atoms with E-state index in [-0.39, 0.29) is 0 Å². The van der Waals surface area contributed by atoms with E-state index in [0.717, 1.165) is 6.61 Å². The van der Waals surface area contributed by atoms with Crippen molar-refractivity contribution in [3.8, 4) is 0 Å². The van der Waals surface area contributed by atoms with Crippen LogP contribution in [0.25, 0.3) is 0 Å². The van der Waals surface area contributed by atoms with Crippen LogP contribution in [0.5, 0.6) is 0 Å². The first-order valence-electron chi connectivity index (χ1n) is 2.22. The zero-order valence-electron chi connectivity index (χ0n) is 3.86. The van der Waals surface area contributed by atoms with Crippen LogP contribution in [-0.4, -0.2) is 19.4 Å². The number of nitrogens with one attached hydrogen (secondary N) is 1. The fraction of sp³-hybridized carbons (Fsp3) is 0.750. The lowest BCUT2D eigenvalue weighted by atomic mass is 10.5. The third kappa shape index (κ3) is 1.41. The lowest BCUT2D eigenvalue weighted by molar-refractivity contribution is 0.0857. The van der Waals surface area contributed by atoms with Crippen LogP contribution in [0.1, 0.15) is 0 Å². The van der Waals surface area contributed by atoms with Gasteiger partial charge in [0.2, 0.25) is 0 Å². The van der Waals surface area contributed by atoms with Gasteiger partial charge in [0.05, 0.1) is 6.61 Å².